The van der Waals surface area contributed by atoms with Gasteiger partial charge in [-0.3, -0.25) is 9.59 Å². The van der Waals surface area contributed by atoms with Gasteiger partial charge in [-0.15, -0.1) is 0 Å². The number of nitrogens with zero attached hydrogens (tertiary/aromatic N) is 1. The largest absolute Gasteiger partial charge is 0.454 e. The predicted molar refractivity (Wildman–Crippen MR) is 98.4 cm³/mol. The Hall–Kier alpha value is -1.73. The number of hydrogen-bond donors (Lipinski definition) is 0. The van der Waals surface area contributed by atoms with Gasteiger partial charge in [0.2, 0.25) is 10.0 Å². The van der Waals surface area contributed by atoms with Crippen LogP contribution in [0.1, 0.15) is 43.4 Å². The minimum absolute atomic E-state index is 0.205. The summed E-state index contributed by atoms with van der Waals surface area (Å²) in [6, 6.07) is 3.74. The molecule has 1 aliphatic heterocycles. The number of ketones is 1. The van der Waals surface area contributed by atoms with Crippen LogP contribution >= 0.6 is 0 Å². The van der Waals surface area contributed by atoms with Crippen LogP contribution in [0.2, 0.25) is 0 Å². The second-order valence-electron chi connectivity index (χ2n) is 7.10. The van der Waals surface area contributed by atoms with Crippen LogP contribution in [0, 0.1) is 26.7 Å². The van der Waals surface area contributed by atoms with Crippen molar-refractivity contribution in [3.05, 3.63) is 28.8 Å². The van der Waals surface area contributed by atoms with Crippen molar-refractivity contribution in [3.63, 3.8) is 0 Å². The lowest BCUT2D eigenvalue weighted by Crippen LogP contribution is -2.41. The van der Waals surface area contributed by atoms with E-state index in [0.717, 1.165) is 16.7 Å². The Balaban J connectivity index is 2.10. The normalized spacial score (nSPS) is 17.7. The second-order valence-corrected chi connectivity index (χ2v) is 8.97. The van der Waals surface area contributed by atoms with Crippen LogP contribution in [0.5, 0.6) is 0 Å². The average Bonchev–Trinajstić information content (AvgIpc) is 2.53. The van der Waals surface area contributed by atoms with E-state index >= 15 is 0 Å². The first kappa shape index (κ1) is 20.6. The van der Waals surface area contributed by atoms with Crippen LogP contribution in [0.15, 0.2) is 17.0 Å². The monoisotopic (exact) mass is 381 g/mol. The molecular weight excluding hydrogens is 354 g/mol. The Bertz CT molecular complexity index is 784. The summed E-state index contributed by atoms with van der Waals surface area (Å²) in [6.45, 7) is 9.00. The number of piperidine rings is 1. The van der Waals surface area contributed by atoms with Crippen LogP contribution in [-0.2, 0) is 24.3 Å². The van der Waals surface area contributed by atoms with Crippen LogP contribution in [0.25, 0.3) is 0 Å². The van der Waals surface area contributed by atoms with Gasteiger partial charge >= 0.3 is 5.97 Å². The number of aryl methyl sites for hydroxylation is 3. The third-order valence-electron chi connectivity index (χ3n) is 4.86. The zero-order chi connectivity index (χ0) is 19.6. The molecule has 144 valence electrons. The Morgan fingerprint density at radius 2 is 1.62 bits per heavy atom. The van der Waals surface area contributed by atoms with Crippen molar-refractivity contribution >= 4 is 21.8 Å². The quantitative estimate of drug-likeness (QED) is 0.732. The Morgan fingerprint density at radius 1 is 1.12 bits per heavy atom. The van der Waals surface area contributed by atoms with E-state index in [0.29, 0.717) is 17.7 Å². The summed E-state index contributed by atoms with van der Waals surface area (Å²) < 4.78 is 32.7. The van der Waals surface area contributed by atoms with Crippen LogP contribution in [-0.4, -0.2) is 43.7 Å². The first-order valence-electron chi connectivity index (χ1n) is 8.83. The third-order valence-corrected chi connectivity index (χ3v) is 7.06. The van der Waals surface area contributed by atoms with Crippen LogP contribution in [0.4, 0.5) is 0 Å². The fourth-order valence-corrected chi connectivity index (χ4v) is 5.27. The smallest absolute Gasteiger partial charge is 0.309 e. The fraction of sp³-hybridized carbons (Fsp3) is 0.579. The molecule has 1 aromatic carbocycles. The van der Waals surface area contributed by atoms with Crippen LogP contribution in [0.3, 0.4) is 0 Å². The molecule has 0 spiro atoms. The second kappa shape index (κ2) is 7.88. The number of hydrogen-bond acceptors (Lipinski definition) is 5. The molecule has 7 heteroatoms. The Morgan fingerprint density at radius 3 is 2.08 bits per heavy atom. The molecule has 26 heavy (non-hydrogen) atoms. The summed E-state index contributed by atoms with van der Waals surface area (Å²) in [5, 5.41) is 0. The molecule has 1 heterocycles. The lowest BCUT2D eigenvalue weighted by molar-refractivity contribution is -0.158. The van der Waals surface area contributed by atoms with E-state index in [1.165, 1.54) is 11.2 Å². The van der Waals surface area contributed by atoms with Gasteiger partial charge in [0.1, 0.15) is 0 Å². The predicted octanol–water partition coefficient (Wildman–Crippen LogP) is 2.53. The van der Waals surface area contributed by atoms with E-state index in [2.05, 4.69) is 0 Å². The van der Waals surface area contributed by atoms with Crippen molar-refractivity contribution in [2.45, 2.75) is 58.5 Å². The van der Waals surface area contributed by atoms with Gasteiger partial charge < -0.3 is 4.74 Å². The zero-order valence-electron chi connectivity index (χ0n) is 16.0. The van der Waals surface area contributed by atoms with Crippen molar-refractivity contribution in [1.29, 1.82) is 0 Å². The summed E-state index contributed by atoms with van der Waals surface area (Å²) in [6.07, 6.45) is 0.0290. The highest BCUT2D eigenvalue weighted by molar-refractivity contribution is 7.89. The maximum atomic E-state index is 13.0. The van der Waals surface area contributed by atoms with Crippen molar-refractivity contribution in [2.24, 2.45) is 5.92 Å². The molecule has 0 N–H and O–H groups in total. The van der Waals surface area contributed by atoms with E-state index in [1.54, 1.807) is 20.8 Å². The highest BCUT2D eigenvalue weighted by Gasteiger charge is 2.34. The van der Waals surface area contributed by atoms with Gasteiger partial charge in [0.25, 0.3) is 0 Å². The lowest BCUT2D eigenvalue weighted by atomic mass is 9.98. The molecule has 0 aliphatic carbocycles. The Labute approximate surface area is 155 Å². The third kappa shape index (κ3) is 4.32. The van der Waals surface area contributed by atoms with Gasteiger partial charge in [-0.25, -0.2) is 8.42 Å². The minimum atomic E-state index is -3.60. The number of carbonyl (C=O) groups excluding carboxylic acids is 2. The number of benzene rings is 1. The topological polar surface area (TPSA) is 80.8 Å². The van der Waals surface area contributed by atoms with Gasteiger partial charge in [-0.1, -0.05) is 17.7 Å². The maximum Gasteiger partial charge on any atom is 0.309 e. The molecule has 6 nitrogen and oxygen atoms in total. The number of carbonyl (C=O) groups is 2. The van der Waals surface area contributed by atoms with Gasteiger partial charge in [0.15, 0.2) is 11.9 Å². The van der Waals surface area contributed by atoms with Crippen LogP contribution < -0.4 is 0 Å². The molecule has 1 aromatic rings. The van der Waals surface area contributed by atoms with Crippen molar-refractivity contribution in [3.8, 4) is 0 Å². The van der Waals surface area contributed by atoms with Gasteiger partial charge in [0.05, 0.1) is 10.8 Å². The summed E-state index contributed by atoms with van der Waals surface area (Å²) in [5.41, 5.74) is 2.50. The summed E-state index contributed by atoms with van der Waals surface area (Å²) in [7, 11) is -3.60. The molecule has 0 bridgehead atoms. The van der Waals surface area contributed by atoms with Gasteiger partial charge in [-0.05, 0) is 58.6 Å². The molecule has 1 saturated heterocycles. The van der Waals surface area contributed by atoms with E-state index < -0.39 is 22.1 Å². The SMILES string of the molecule is CC(=O)[C@@H](C)OC(=O)C1CCN(S(=O)(=O)c2c(C)cc(C)cc2C)CC1. The number of sulfonamides is 1. The van der Waals surface area contributed by atoms with E-state index in [4.69, 9.17) is 4.74 Å². The standard InChI is InChI=1S/C19H27NO5S/c1-12-10-13(2)18(14(3)11-12)26(23,24)20-8-6-17(7-9-20)19(22)25-16(5)15(4)21/h10-11,16-17H,6-9H2,1-5H3/t16-/m1/s1. The Kier molecular flexibility index (Phi) is 6.24. The molecule has 0 aromatic heterocycles. The molecule has 0 radical (unpaired) electrons. The molecule has 0 amide bonds. The average molecular weight is 381 g/mol. The first-order valence-corrected chi connectivity index (χ1v) is 10.3. The molecule has 0 saturated carbocycles. The highest BCUT2D eigenvalue weighted by Crippen LogP contribution is 2.29. The van der Waals surface area contributed by atoms with E-state index in [-0.39, 0.29) is 24.8 Å². The highest BCUT2D eigenvalue weighted by atomic mass is 32.2. The molecule has 0 unspecified atom stereocenters. The molecular formula is C19H27NO5S. The summed E-state index contributed by atoms with van der Waals surface area (Å²) >= 11 is 0. The van der Waals surface area contributed by atoms with Crippen molar-refractivity contribution < 1.29 is 22.7 Å². The molecule has 1 aliphatic rings. The zero-order valence-corrected chi connectivity index (χ0v) is 16.9. The summed E-state index contributed by atoms with van der Waals surface area (Å²) in [5.74, 6) is -1.00. The number of ether oxygens (including phenoxy) is 1. The number of esters is 1. The van der Waals surface area contributed by atoms with Crippen molar-refractivity contribution in [1.82, 2.24) is 4.31 Å². The first-order chi connectivity index (χ1) is 12.0. The van der Waals surface area contributed by atoms with Crippen molar-refractivity contribution in [2.75, 3.05) is 13.1 Å². The minimum Gasteiger partial charge on any atom is -0.454 e. The number of Topliss-reactive ketones (excluding diaryl/α,β-unsaturated/α-hetero) is 1. The van der Waals surface area contributed by atoms with E-state index in [9.17, 15) is 18.0 Å². The lowest BCUT2D eigenvalue weighted by Gasteiger charge is -2.31. The molecule has 2 rings (SSSR count). The van der Waals surface area contributed by atoms with Gasteiger partial charge in [0, 0.05) is 13.1 Å². The van der Waals surface area contributed by atoms with Gasteiger partial charge in [-0.2, -0.15) is 4.31 Å². The van der Waals surface area contributed by atoms with E-state index in [1.807, 2.05) is 19.1 Å². The molecule has 1 fully saturated rings. The summed E-state index contributed by atoms with van der Waals surface area (Å²) in [4.78, 5) is 23.7. The maximum absolute atomic E-state index is 13.0. The molecule has 1 atom stereocenters. The number of rotatable bonds is 5. The fourth-order valence-electron chi connectivity index (χ4n) is 3.39.